The van der Waals surface area contributed by atoms with E-state index in [0.29, 0.717) is 18.0 Å². The lowest BCUT2D eigenvalue weighted by atomic mass is 10.2. The van der Waals surface area contributed by atoms with Crippen LogP contribution in [0.3, 0.4) is 0 Å². The molecule has 3 rings (SSSR count). The summed E-state index contributed by atoms with van der Waals surface area (Å²) in [5.41, 5.74) is 2.41. The normalized spacial score (nSPS) is 15.3. The van der Waals surface area contributed by atoms with Gasteiger partial charge < -0.3 is 10.0 Å². The molecule has 20 heavy (non-hydrogen) atoms. The van der Waals surface area contributed by atoms with E-state index in [-0.39, 0.29) is 5.76 Å². The first-order valence-electron chi connectivity index (χ1n) is 6.36. The SMILES string of the molecule is Cc1nc(C2=C(O)CN(c3ccccc3)C2=N)sc1C. The van der Waals surface area contributed by atoms with Gasteiger partial charge in [-0.25, -0.2) is 4.98 Å². The monoisotopic (exact) mass is 285 g/mol. The number of amidine groups is 1. The third-order valence-corrected chi connectivity index (χ3v) is 4.50. The zero-order chi connectivity index (χ0) is 14.3. The van der Waals surface area contributed by atoms with Gasteiger partial charge in [-0.1, -0.05) is 18.2 Å². The van der Waals surface area contributed by atoms with Crippen LogP contribution in [0.1, 0.15) is 15.6 Å². The highest BCUT2D eigenvalue weighted by Crippen LogP contribution is 2.33. The molecule has 4 nitrogen and oxygen atoms in total. The van der Waals surface area contributed by atoms with Gasteiger partial charge in [-0.15, -0.1) is 11.3 Å². The molecule has 2 heterocycles. The fourth-order valence-corrected chi connectivity index (χ4v) is 3.19. The average Bonchev–Trinajstić information content (AvgIpc) is 2.91. The Bertz CT molecular complexity index is 684. The van der Waals surface area contributed by atoms with Crippen molar-refractivity contribution in [3.63, 3.8) is 0 Å². The number of benzene rings is 1. The van der Waals surface area contributed by atoms with Crippen molar-refractivity contribution in [1.82, 2.24) is 4.98 Å². The molecule has 2 N–H and O–H groups in total. The molecule has 0 aliphatic carbocycles. The van der Waals surface area contributed by atoms with E-state index in [2.05, 4.69) is 4.98 Å². The number of aryl methyl sites for hydroxylation is 2. The molecule has 0 unspecified atom stereocenters. The van der Waals surface area contributed by atoms with Crippen LogP contribution in [0, 0.1) is 19.3 Å². The molecule has 1 aliphatic heterocycles. The van der Waals surface area contributed by atoms with Crippen molar-refractivity contribution in [3.05, 3.63) is 51.7 Å². The molecule has 1 aromatic heterocycles. The molecule has 0 saturated carbocycles. The zero-order valence-electron chi connectivity index (χ0n) is 11.3. The van der Waals surface area contributed by atoms with Gasteiger partial charge in [-0.2, -0.15) is 0 Å². The maximum Gasteiger partial charge on any atom is 0.139 e. The molecule has 0 fully saturated rings. The Morgan fingerprint density at radius 2 is 1.95 bits per heavy atom. The van der Waals surface area contributed by atoms with Crippen molar-refractivity contribution in [2.24, 2.45) is 0 Å². The van der Waals surface area contributed by atoms with E-state index in [1.807, 2.05) is 44.2 Å². The Morgan fingerprint density at radius 3 is 2.55 bits per heavy atom. The van der Waals surface area contributed by atoms with E-state index in [9.17, 15) is 5.11 Å². The highest BCUT2D eigenvalue weighted by atomic mass is 32.1. The molecule has 0 radical (unpaired) electrons. The van der Waals surface area contributed by atoms with Crippen molar-refractivity contribution in [1.29, 1.82) is 5.41 Å². The Balaban J connectivity index is 1.98. The van der Waals surface area contributed by atoms with Gasteiger partial charge in [-0.05, 0) is 26.0 Å². The van der Waals surface area contributed by atoms with Gasteiger partial charge in [0, 0.05) is 10.6 Å². The molecular weight excluding hydrogens is 270 g/mol. The number of rotatable bonds is 2. The molecule has 1 aromatic carbocycles. The van der Waals surface area contributed by atoms with E-state index < -0.39 is 0 Å². The summed E-state index contributed by atoms with van der Waals surface area (Å²) in [7, 11) is 0. The second kappa shape index (κ2) is 4.76. The quantitative estimate of drug-likeness (QED) is 0.887. The van der Waals surface area contributed by atoms with Crippen molar-refractivity contribution in [2.75, 3.05) is 11.4 Å². The summed E-state index contributed by atoms with van der Waals surface area (Å²) in [4.78, 5) is 7.36. The van der Waals surface area contributed by atoms with E-state index in [0.717, 1.165) is 21.3 Å². The minimum Gasteiger partial charge on any atom is -0.510 e. The predicted molar refractivity (Wildman–Crippen MR) is 82.7 cm³/mol. The van der Waals surface area contributed by atoms with Crippen LogP contribution in [0.25, 0.3) is 5.57 Å². The van der Waals surface area contributed by atoms with Crippen molar-refractivity contribution >= 4 is 28.4 Å². The summed E-state index contributed by atoms with van der Waals surface area (Å²) >= 11 is 1.52. The van der Waals surface area contributed by atoms with Gasteiger partial charge in [0.15, 0.2) is 0 Å². The molecule has 5 heteroatoms. The second-order valence-electron chi connectivity index (χ2n) is 4.75. The summed E-state index contributed by atoms with van der Waals surface area (Å²) in [6.45, 7) is 4.28. The Hall–Kier alpha value is -2.14. The second-order valence-corrected chi connectivity index (χ2v) is 5.96. The van der Waals surface area contributed by atoms with Crippen LogP contribution < -0.4 is 4.90 Å². The lowest BCUT2D eigenvalue weighted by molar-refractivity contribution is 0.411. The van der Waals surface area contributed by atoms with Gasteiger partial charge in [0.2, 0.25) is 0 Å². The molecule has 0 saturated heterocycles. The van der Waals surface area contributed by atoms with E-state index in [4.69, 9.17) is 5.41 Å². The number of anilines is 1. The molecule has 0 bridgehead atoms. The minimum absolute atomic E-state index is 0.215. The number of hydrogen-bond acceptors (Lipinski definition) is 4. The standard InChI is InChI=1S/C15H15N3OS/c1-9-10(2)20-15(17-9)13-12(19)8-18(14(13)16)11-6-4-3-5-7-11/h3-7,16,19H,8H2,1-2H3. The van der Waals surface area contributed by atoms with Crippen molar-refractivity contribution in [3.8, 4) is 0 Å². The first-order valence-corrected chi connectivity index (χ1v) is 7.17. The average molecular weight is 285 g/mol. The summed E-state index contributed by atoms with van der Waals surface area (Å²) in [5, 5.41) is 19.3. The largest absolute Gasteiger partial charge is 0.510 e. The van der Waals surface area contributed by atoms with E-state index >= 15 is 0 Å². The Morgan fingerprint density at radius 1 is 1.25 bits per heavy atom. The van der Waals surface area contributed by atoms with E-state index in [1.165, 1.54) is 11.3 Å². The molecule has 0 atom stereocenters. The molecule has 2 aromatic rings. The van der Waals surface area contributed by atoms with Crippen LogP contribution >= 0.6 is 11.3 Å². The van der Waals surface area contributed by atoms with Crippen molar-refractivity contribution < 1.29 is 5.11 Å². The Kier molecular flexibility index (Phi) is 3.06. The van der Waals surface area contributed by atoms with Gasteiger partial charge in [0.25, 0.3) is 0 Å². The zero-order valence-corrected chi connectivity index (χ0v) is 12.2. The van der Waals surface area contributed by atoms with Crippen LogP contribution in [-0.4, -0.2) is 22.5 Å². The maximum atomic E-state index is 10.2. The van der Waals surface area contributed by atoms with Gasteiger partial charge >= 0.3 is 0 Å². The Labute approximate surface area is 121 Å². The summed E-state index contributed by atoms with van der Waals surface area (Å²) < 4.78 is 0. The molecule has 0 amide bonds. The van der Waals surface area contributed by atoms with Crippen LogP contribution in [0.2, 0.25) is 0 Å². The number of nitrogens with one attached hydrogen (secondary N) is 1. The van der Waals surface area contributed by atoms with Crippen molar-refractivity contribution in [2.45, 2.75) is 13.8 Å². The summed E-state index contributed by atoms with van der Waals surface area (Å²) in [6, 6.07) is 9.65. The highest BCUT2D eigenvalue weighted by molar-refractivity contribution is 7.13. The third kappa shape index (κ3) is 2.00. The minimum atomic E-state index is 0.215. The lowest BCUT2D eigenvalue weighted by Gasteiger charge is -2.18. The highest BCUT2D eigenvalue weighted by Gasteiger charge is 2.31. The number of aliphatic hydroxyl groups is 1. The predicted octanol–water partition coefficient (Wildman–Crippen LogP) is 3.53. The van der Waals surface area contributed by atoms with Gasteiger partial charge in [0.1, 0.15) is 16.6 Å². The maximum absolute atomic E-state index is 10.2. The van der Waals surface area contributed by atoms with Crippen LogP contribution in [0.15, 0.2) is 36.1 Å². The number of thiazole rings is 1. The van der Waals surface area contributed by atoms with Gasteiger partial charge in [-0.3, -0.25) is 5.41 Å². The van der Waals surface area contributed by atoms with Crippen LogP contribution in [-0.2, 0) is 0 Å². The molecular formula is C15H15N3OS. The number of nitrogens with zero attached hydrogens (tertiary/aromatic N) is 2. The fraction of sp³-hybridized carbons (Fsp3) is 0.200. The number of aromatic nitrogens is 1. The first-order chi connectivity index (χ1) is 9.58. The topological polar surface area (TPSA) is 60.2 Å². The number of para-hydroxylation sites is 1. The summed E-state index contributed by atoms with van der Waals surface area (Å²) in [6.07, 6.45) is 0. The number of hydrogen-bond donors (Lipinski definition) is 2. The summed E-state index contributed by atoms with van der Waals surface area (Å²) in [5.74, 6) is 0.523. The fourth-order valence-electron chi connectivity index (χ4n) is 2.21. The van der Waals surface area contributed by atoms with Gasteiger partial charge in [0.05, 0.1) is 17.8 Å². The molecule has 1 aliphatic rings. The van der Waals surface area contributed by atoms with Crippen LogP contribution in [0.5, 0.6) is 0 Å². The van der Waals surface area contributed by atoms with E-state index in [1.54, 1.807) is 4.90 Å². The smallest absolute Gasteiger partial charge is 0.139 e. The first kappa shape index (κ1) is 12.9. The third-order valence-electron chi connectivity index (χ3n) is 3.41. The lowest BCUT2D eigenvalue weighted by Crippen LogP contribution is -2.25. The number of aliphatic hydroxyl groups excluding tert-OH is 1. The molecule has 0 spiro atoms. The molecule has 102 valence electrons. The van der Waals surface area contributed by atoms with Crippen LogP contribution in [0.4, 0.5) is 5.69 Å².